The molecule has 0 radical (unpaired) electrons. The molecule has 1 rings (SSSR count). The van der Waals surface area contributed by atoms with Crippen molar-refractivity contribution in [1.82, 2.24) is 0 Å². The topological polar surface area (TPSA) is 69.9 Å². The molecular formula is C10H9NO3. The Hall–Kier alpha value is -2.10. The van der Waals surface area contributed by atoms with E-state index in [9.17, 15) is 4.79 Å². The van der Waals surface area contributed by atoms with Gasteiger partial charge in [-0.3, -0.25) is 0 Å². The molecule has 0 spiro atoms. The minimum Gasteiger partial charge on any atom is -0.478 e. The van der Waals surface area contributed by atoms with Crippen LogP contribution in [0.1, 0.15) is 11.1 Å². The van der Waals surface area contributed by atoms with Crippen molar-refractivity contribution in [2.24, 2.45) is 5.16 Å². The normalized spacial score (nSPS) is 11.1. The highest BCUT2D eigenvalue weighted by Crippen LogP contribution is 2.08. The maximum absolute atomic E-state index is 10.3. The van der Waals surface area contributed by atoms with E-state index in [0.29, 0.717) is 11.1 Å². The summed E-state index contributed by atoms with van der Waals surface area (Å²) in [6, 6.07) is 7.00. The fourth-order valence-corrected chi connectivity index (χ4v) is 1.00. The molecule has 0 atom stereocenters. The summed E-state index contributed by atoms with van der Waals surface area (Å²) in [6.07, 6.45) is 3.73. The third-order valence-corrected chi connectivity index (χ3v) is 1.60. The van der Waals surface area contributed by atoms with Crippen LogP contribution in [0.4, 0.5) is 0 Å². The van der Waals surface area contributed by atoms with E-state index >= 15 is 0 Å². The molecule has 0 unspecified atom stereocenters. The maximum atomic E-state index is 10.3. The zero-order chi connectivity index (χ0) is 10.4. The fourth-order valence-electron chi connectivity index (χ4n) is 1.00. The molecule has 0 heterocycles. The van der Waals surface area contributed by atoms with Crippen LogP contribution in [0.25, 0.3) is 6.08 Å². The van der Waals surface area contributed by atoms with Crippen LogP contribution in [-0.2, 0) is 4.79 Å². The smallest absolute Gasteiger partial charge is 0.328 e. The second-order valence-electron chi connectivity index (χ2n) is 2.55. The summed E-state index contributed by atoms with van der Waals surface area (Å²) < 4.78 is 0. The van der Waals surface area contributed by atoms with Crippen molar-refractivity contribution in [3.05, 3.63) is 41.5 Å². The van der Waals surface area contributed by atoms with E-state index in [1.54, 1.807) is 24.3 Å². The Bertz CT molecular complexity index is 383. The first-order chi connectivity index (χ1) is 6.74. The molecule has 0 bridgehead atoms. The van der Waals surface area contributed by atoms with Crippen molar-refractivity contribution in [1.29, 1.82) is 0 Å². The number of benzene rings is 1. The number of carboxylic acid groups (broad SMARTS) is 1. The van der Waals surface area contributed by atoms with Gasteiger partial charge in [0.25, 0.3) is 0 Å². The van der Waals surface area contributed by atoms with Crippen molar-refractivity contribution in [2.75, 3.05) is 0 Å². The molecular weight excluding hydrogens is 182 g/mol. The van der Waals surface area contributed by atoms with Gasteiger partial charge in [0, 0.05) is 11.6 Å². The van der Waals surface area contributed by atoms with Crippen LogP contribution in [0.15, 0.2) is 35.5 Å². The van der Waals surface area contributed by atoms with Crippen molar-refractivity contribution in [3.8, 4) is 0 Å². The van der Waals surface area contributed by atoms with Gasteiger partial charge in [-0.15, -0.1) is 0 Å². The van der Waals surface area contributed by atoms with Gasteiger partial charge in [0.2, 0.25) is 0 Å². The molecule has 0 fully saturated rings. The van der Waals surface area contributed by atoms with Gasteiger partial charge in [-0.2, -0.15) is 0 Å². The number of carbonyl (C=O) groups is 1. The van der Waals surface area contributed by atoms with Crippen LogP contribution in [0, 0.1) is 0 Å². The molecule has 0 amide bonds. The molecule has 4 nitrogen and oxygen atoms in total. The van der Waals surface area contributed by atoms with Crippen LogP contribution in [0.5, 0.6) is 0 Å². The summed E-state index contributed by atoms with van der Waals surface area (Å²) in [5, 5.41) is 19.7. The lowest BCUT2D eigenvalue weighted by Gasteiger charge is -1.97. The van der Waals surface area contributed by atoms with E-state index in [0.717, 1.165) is 6.08 Å². The third-order valence-electron chi connectivity index (χ3n) is 1.60. The predicted octanol–water partition coefficient (Wildman–Crippen LogP) is 1.59. The summed E-state index contributed by atoms with van der Waals surface area (Å²) in [5.41, 5.74) is 1.35. The molecule has 0 aliphatic rings. The molecule has 1 aromatic rings. The van der Waals surface area contributed by atoms with E-state index in [1.165, 1.54) is 12.3 Å². The average Bonchev–Trinajstić information content (AvgIpc) is 2.17. The molecule has 0 aliphatic heterocycles. The standard InChI is InChI=1S/C10H9NO3/c12-10(13)6-5-8-3-1-2-4-9(8)7-11-14/h1-7,14H,(H,12,13). The lowest BCUT2D eigenvalue weighted by atomic mass is 10.1. The van der Waals surface area contributed by atoms with Crippen molar-refractivity contribution in [3.63, 3.8) is 0 Å². The minimum atomic E-state index is -1.01. The largest absolute Gasteiger partial charge is 0.478 e. The zero-order valence-corrected chi connectivity index (χ0v) is 7.29. The number of nitrogens with zero attached hydrogens (tertiary/aromatic N) is 1. The predicted molar refractivity (Wildman–Crippen MR) is 52.5 cm³/mol. The van der Waals surface area contributed by atoms with Crippen molar-refractivity contribution in [2.45, 2.75) is 0 Å². The van der Waals surface area contributed by atoms with Gasteiger partial charge in [0.15, 0.2) is 0 Å². The Labute approximate surface area is 80.8 Å². The van der Waals surface area contributed by atoms with E-state index in [-0.39, 0.29) is 0 Å². The molecule has 14 heavy (non-hydrogen) atoms. The third kappa shape index (κ3) is 2.75. The molecule has 0 aliphatic carbocycles. The van der Waals surface area contributed by atoms with Gasteiger partial charge >= 0.3 is 5.97 Å². The zero-order valence-electron chi connectivity index (χ0n) is 7.29. The second kappa shape index (κ2) is 4.81. The summed E-state index contributed by atoms with van der Waals surface area (Å²) in [7, 11) is 0. The highest BCUT2D eigenvalue weighted by atomic mass is 16.4. The Morgan fingerprint density at radius 3 is 2.50 bits per heavy atom. The molecule has 4 heteroatoms. The molecule has 0 saturated heterocycles. The Morgan fingerprint density at radius 1 is 1.29 bits per heavy atom. The van der Waals surface area contributed by atoms with E-state index < -0.39 is 5.97 Å². The molecule has 0 aromatic heterocycles. The van der Waals surface area contributed by atoms with E-state index in [1.807, 2.05) is 0 Å². The average molecular weight is 191 g/mol. The fraction of sp³-hybridized carbons (Fsp3) is 0. The van der Waals surface area contributed by atoms with Crippen LogP contribution in [-0.4, -0.2) is 22.5 Å². The van der Waals surface area contributed by atoms with Crippen LogP contribution >= 0.6 is 0 Å². The van der Waals surface area contributed by atoms with Gasteiger partial charge in [0.05, 0.1) is 6.21 Å². The first kappa shape index (κ1) is 9.98. The first-order valence-corrected chi connectivity index (χ1v) is 3.91. The van der Waals surface area contributed by atoms with Crippen LogP contribution in [0.3, 0.4) is 0 Å². The van der Waals surface area contributed by atoms with Crippen LogP contribution < -0.4 is 0 Å². The summed E-state index contributed by atoms with van der Waals surface area (Å²) in [4.78, 5) is 10.3. The van der Waals surface area contributed by atoms with Crippen molar-refractivity contribution < 1.29 is 15.1 Å². The van der Waals surface area contributed by atoms with E-state index in [2.05, 4.69) is 5.16 Å². The van der Waals surface area contributed by atoms with Gasteiger partial charge in [0.1, 0.15) is 0 Å². The lowest BCUT2D eigenvalue weighted by Crippen LogP contribution is -1.89. The number of carboxylic acids is 1. The van der Waals surface area contributed by atoms with Gasteiger partial charge in [-0.25, -0.2) is 4.79 Å². The molecule has 0 saturated carbocycles. The highest BCUT2D eigenvalue weighted by molar-refractivity contribution is 5.90. The minimum absolute atomic E-state index is 0.660. The molecule has 1 aromatic carbocycles. The Balaban J connectivity index is 3.01. The Morgan fingerprint density at radius 2 is 1.93 bits per heavy atom. The second-order valence-corrected chi connectivity index (χ2v) is 2.55. The number of rotatable bonds is 3. The number of hydrogen-bond donors (Lipinski definition) is 2. The van der Waals surface area contributed by atoms with Gasteiger partial charge < -0.3 is 10.3 Å². The summed E-state index contributed by atoms with van der Waals surface area (Å²) in [6.45, 7) is 0. The first-order valence-electron chi connectivity index (χ1n) is 3.91. The maximum Gasteiger partial charge on any atom is 0.328 e. The Kier molecular flexibility index (Phi) is 3.43. The SMILES string of the molecule is O=C(O)C=Cc1ccccc1C=NO. The van der Waals surface area contributed by atoms with Gasteiger partial charge in [-0.1, -0.05) is 29.4 Å². The number of oxime groups is 1. The van der Waals surface area contributed by atoms with Crippen LogP contribution in [0.2, 0.25) is 0 Å². The quantitative estimate of drug-likeness (QED) is 0.330. The molecule has 2 N–H and O–H groups in total. The monoisotopic (exact) mass is 191 g/mol. The van der Waals surface area contributed by atoms with E-state index in [4.69, 9.17) is 10.3 Å². The van der Waals surface area contributed by atoms with Gasteiger partial charge in [-0.05, 0) is 11.6 Å². The molecule has 72 valence electrons. The lowest BCUT2D eigenvalue weighted by molar-refractivity contribution is -0.131. The summed E-state index contributed by atoms with van der Waals surface area (Å²) >= 11 is 0. The number of aliphatic carboxylic acids is 1. The highest BCUT2D eigenvalue weighted by Gasteiger charge is 1.95. The number of hydrogen-bond acceptors (Lipinski definition) is 3. The summed E-state index contributed by atoms with van der Waals surface area (Å²) in [5.74, 6) is -1.01. The van der Waals surface area contributed by atoms with Crippen molar-refractivity contribution >= 4 is 18.3 Å².